The minimum atomic E-state index is 0.859. The summed E-state index contributed by atoms with van der Waals surface area (Å²) >= 11 is 0. The first-order valence-corrected chi connectivity index (χ1v) is 10.6. The predicted molar refractivity (Wildman–Crippen MR) is 102 cm³/mol. The normalized spacial score (nSPS) is 25.6. The van der Waals surface area contributed by atoms with E-state index < -0.39 is 0 Å². The van der Waals surface area contributed by atoms with Gasteiger partial charge >= 0.3 is 0 Å². The Morgan fingerprint density at radius 1 is 0.826 bits per heavy atom. The molecule has 2 aliphatic rings. The van der Waals surface area contributed by atoms with Crippen LogP contribution in [0.1, 0.15) is 78.6 Å². The summed E-state index contributed by atoms with van der Waals surface area (Å²) in [6.45, 7) is 12.6. The molecular weight excluding hydrogens is 280 g/mol. The van der Waals surface area contributed by atoms with Gasteiger partial charge in [0.1, 0.15) is 0 Å². The Hall–Kier alpha value is -0.0800. The third kappa shape index (κ3) is 6.05. The van der Waals surface area contributed by atoms with Crippen molar-refractivity contribution in [2.45, 2.75) is 84.6 Å². The first kappa shape index (κ1) is 19.2. The Kier molecular flexibility index (Phi) is 8.40. The highest BCUT2D eigenvalue weighted by atomic mass is 15.2. The molecule has 0 radical (unpaired) electrons. The lowest BCUT2D eigenvalue weighted by molar-refractivity contribution is 0.0766. The van der Waals surface area contributed by atoms with Gasteiger partial charge in [-0.25, -0.2) is 0 Å². The van der Waals surface area contributed by atoms with Crippen LogP contribution < -0.4 is 0 Å². The van der Waals surface area contributed by atoms with E-state index in [-0.39, 0.29) is 0 Å². The van der Waals surface area contributed by atoms with Crippen LogP contribution in [0.3, 0.4) is 0 Å². The molecule has 2 heterocycles. The van der Waals surface area contributed by atoms with Gasteiger partial charge in [0.05, 0.1) is 0 Å². The van der Waals surface area contributed by atoms with Crippen molar-refractivity contribution < 1.29 is 0 Å². The molecule has 0 aromatic rings. The first-order chi connectivity index (χ1) is 11.1. The number of nitrogens with zero attached hydrogens (tertiary/aromatic N) is 2. The Morgan fingerprint density at radius 2 is 1.39 bits per heavy atom. The number of rotatable bonds is 8. The molecule has 23 heavy (non-hydrogen) atoms. The van der Waals surface area contributed by atoms with Crippen molar-refractivity contribution in [1.82, 2.24) is 9.80 Å². The minimum Gasteiger partial charge on any atom is -0.306 e. The molecule has 0 amide bonds. The van der Waals surface area contributed by atoms with Gasteiger partial charge in [-0.1, -0.05) is 40.0 Å². The SMILES string of the molecule is CCC(C)CCCC(CC)N1CCC(C2CCN(C)CC2)CC1. The van der Waals surface area contributed by atoms with Crippen LogP contribution in [-0.4, -0.2) is 49.1 Å². The lowest BCUT2D eigenvalue weighted by atomic mass is 9.78. The molecule has 0 aromatic heterocycles. The van der Waals surface area contributed by atoms with Gasteiger partial charge in [0.25, 0.3) is 0 Å². The summed E-state index contributed by atoms with van der Waals surface area (Å²) in [6, 6.07) is 0.859. The third-order valence-corrected chi connectivity index (χ3v) is 6.92. The zero-order chi connectivity index (χ0) is 16.7. The second-order valence-electron chi connectivity index (χ2n) is 8.52. The van der Waals surface area contributed by atoms with Gasteiger partial charge in [0.15, 0.2) is 0 Å². The predicted octanol–water partition coefficient (Wildman–Crippen LogP) is 5.04. The van der Waals surface area contributed by atoms with Crippen molar-refractivity contribution >= 4 is 0 Å². The molecule has 0 spiro atoms. The van der Waals surface area contributed by atoms with Gasteiger partial charge in [-0.2, -0.15) is 0 Å². The molecule has 2 saturated heterocycles. The second-order valence-corrected chi connectivity index (χ2v) is 8.52. The smallest absolute Gasteiger partial charge is 0.00926 e. The number of hydrogen-bond acceptors (Lipinski definition) is 2. The van der Waals surface area contributed by atoms with E-state index in [2.05, 4.69) is 37.6 Å². The molecule has 0 saturated carbocycles. The van der Waals surface area contributed by atoms with Crippen molar-refractivity contribution in [3.8, 4) is 0 Å². The molecule has 136 valence electrons. The average molecular weight is 323 g/mol. The molecule has 2 heteroatoms. The molecule has 0 aliphatic carbocycles. The first-order valence-electron chi connectivity index (χ1n) is 10.6. The molecule has 0 bridgehead atoms. The van der Waals surface area contributed by atoms with Crippen molar-refractivity contribution in [1.29, 1.82) is 0 Å². The zero-order valence-corrected chi connectivity index (χ0v) is 16.4. The number of hydrogen-bond donors (Lipinski definition) is 0. The van der Waals surface area contributed by atoms with Crippen molar-refractivity contribution in [2.24, 2.45) is 17.8 Å². The van der Waals surface area contributed by atoms with Crippen LogP contribution in [0.25, 0.3) is 0 Å². The van der Waals surface area contributed by atoms with E-state index >= 15 is 0 Å². The number of piperidine rings is 2. The highest BCUT2D eigenvalue weighted by molar-refractivity contribution is 4.83. The Labute approximate surface area is 146 Å². The number of likely N-dealkylation sites (tertiary alicyclic amines) is 2. The van der Waals surface area contributed by atoms with Gasteiger partial charge in [0, 0.05) is 6.04 Å². The maximum atomic E-state index is 2.84. The highest BCUT2D eigenvalue weighted by Crippen LogP contribution is 2.33. The van der Waals surface area contributed by atoms with Crippen LogP contribution in [0.5, 0.6) is 0 Å². The van der Waals surface area contributed by atoms with Crippen LogP contribution >= 0.6 is 0 Å². The van der Waals surface area contributed by atoms with E-state index in [0.29, 0.717) is 0 Å². The van der Waals surface area contributed by atoms with E-state index in [1.165, 1.54) is 84.0 Å². The summed E-state index contributed by atoms with van der Waals surface area (Å²) in [4.78, 5) is 5.35. The summed E-state index contributed by atoms with van der Waals surface area (Å²) in [5.74, 6) is 2.97. The molecule has 2 nitrogen and oxygen atoms in total. The third-order valence-electron chi connectivity index (χ3n) is 6.92. The second kappa shape index (κ2) is 10.0. The molecule has 2 unspecified atom stereocenters. The topological polar surface area (TPSA) is 6.48 Å². The standard InChI is InChI=1S/C21H42N2/c1-5-18(3)8-7-9-21(6-2)23-16-12-20(13-17-23)19-10-14-22(4)15-11-19/h18-21H,5-17H2,1-4H3. The summed E-state index contributed by atoms with van der Waals surface area (Å²) in [7, 11) is 2.28. The summed E-state index contributed by atoms with van der Waals surface area (Å²) in [5.41, 5.74) is 0. The van der Waals surface area contributed by atoms with Crippen molar-refractivity contribution in [2.75, 3.05) is 33.2 Å². The summed E-state index contributed by atoms with van der Waals surface area (Å²) < 4.78 is 0. The van der Waals surface area contributed by atoms with E-state index in [1.807, 2.05) is 0 Å². The maximum Gasteiger partial charge on any atom is 0.00926 e. The van der Waals surface area contributed by atoms with Crippen molar-refractivity contribution in [3.63, 3.8) is 0 Å². The van der Waals surface area contributed by atoms with Crippen LogP contribution in [-0.2, 0) is 0 Å². The average Bonchev–Trinajstić information content (AvgIpc) is 2.59. The molecule has 0 aromatic carbocycles. The minimum absolute atomic E-state index is 0.859. The Balaban J connectivity index is 1.69. The Morgan fingerprint density at radius 3 is 1.91 bits per heavy atom. The fraction of sp³-hybridized carbons (Fsp3) is 1.00. The van der Waals surface area contributed by atoms with E-state index in [1.54, 1.807) is 0 Å². The van der Waals surface area contributed by atoms with E-state index in [4.69, 9.17) is 0 Å². The fourth-order valence-corrected chi connectivity index (χ4v) is 4.81. The van der Waals surface area contributed by atoms with Gasteiger partial charge < -0.3 is 9.80 Å². The molecule has 2 aliphatic heterocycles. The fourth-order valence-electron chi connectivity index (χ4n) is 4.81. The molecular formula is C21H42N2. The van der Waals surface area contributed by atoms with E-state index in [9.17, 15) is 0 Å². The highest BCUT2D eigenvalue weighted by Gasteiger charge is 2.30. The van der Waals surface area contributed by atoms with Crippen LogP contribution in [0.4, 0.5) is 0 Å². The van der Waals surface area contributed by atoms with E-state index in [0.717, 1.165) is 23.8 Å². The molecule has 0 N–H and O–H groups in total. The van der Waals surface area contributed by atoms with Crippen molar-refractivity contribution in [3.05, 3.63) is 0 Å². The lowest BCUT2D eigenvalue weighted by Gasteiger charge is -2.42. The quantitative estimate of drug-likeness (QED) is 0.618. The summed E-state index contributed by atoms with van der Waals surface area (Å²) in [6.07, 6.45) is 12.8. The maximum absolute atomic E-state index is 2.84. The molecule has 2 fully saturated rings. The van der Waals surface area contributed by atoms with Gasteiger partial charge in [-0.3, -0.25) is 0 Å². The van der Waals surface area contributed by atoms with Gasteiger partial charge in [0.2, 0.25) is 0 Å². The van der Waals surface area contributed by atoms with Crippen LogP contribution in [0, 0.1) is 17.8 Å². The summed E-state index contributed by atoms with van der Waals surface area (Å²) in [5, 5.41) is 0. The van der Waals surface area contributed by atoms with Crippen LogP contribution in [0.2, 0.25) is 0 Å². The zero-order valence-electron chi connectivity index (χ0n) is 16.4. The Bertz CT molecular complexity index is 301. The monoisotopic (exact) mass is 322 g/mol. The molecule has 2 atom stereocenters. The van der Waals surface area contributed by atoms with Gasteiger partial charge in [-0.15, -0.1) is 0 Å². The van der Waals surface area contributed by atoms with Gasteiger partial charge in [-0.05, 0) is 89.5 Å². The van der Waals surface area contributed by atoms with Crippen LogP contribution in [0.15, 0.2) is 0 Å². The molecule has 2 rings (SSSR count). The lowest BCUT2D eigenvalue weighted by Crippen LogP contribution is -2.44. The largest absolute Gasteiger partial charge is 0.306 e.